The molecule has 0 amide bonds. The summed E-state index contributed by atoms with van der Waals surface area (Å²) in [5.74, 6) is -3.58. The summed E-state index contributed by atoms with van der Waals surface area (Å²) in [6.07, 6.45) is -0.310. The number of hydrogen-bond donors (Lipinski definition) is 1. The number of phenols is 1. The number of carbonyl (C=O) groups is 2. The van der Waals surface area contributed by atoms with Crippen molar-refractivity contribution in [2.75, 3.05) is 0 Å². The van der Waals surface area contributed by atoms with Gasteiger partial charge in [0, 0.05) is 16.6 Å². The summed E-state index contributed by atoms with van der Waals surface area (Å²) in [7, 11) is 0. The second kappa shape index (κ2) is 7.72. The van der Waals surface area contributed by atoms with E-state index in [0.717, 1.165) is 12.1 Å². The molecule has 0 bridgehead atoms. The van der Waals surface area contributed by atoms with Gasteiger partial charge in [-0.1, -0.05) is 11.6 Å². The van der Waals surface area contributed by atoms with E-state index in [-0.39, 0.29) is 39.2 Å². The molecule has 0 saturated heterocycles. The number of fused-ring (bicyclic) bond motifs is 1. The van der Waals surface area contributed by atoms with Crippen LogP contribution in [-0.4, -0.2) is 27.2 Å². The summed E-state index contributed by atoms with van der Waals surface area (Å²) >= 11 is 5.69. The van der Waals surface area contributed by atoms with Gasteiger partial charge < -0.3 is 9.84 Å². The predicted octanol–water partition coefficient (Wildman–Crippen LogP) is 5.16. The van der Waals surface area contributed by atoms with Gasteiger partial charge in [0.25, 0.3) is 5.91 Å². The van der Waals surface area contributed by atoms with Crippen molar-refractivity contribution in [1.82, 2.24) is 4.57 Å². The summed E-state index contributed by atoms with van der Waals surface area (Å²) in [6.45, 7) is 6.64. The monoisotopic (exact) mass is 435 g/mol. The summed E-state index contributed by atoms with van der Waals surface area (Å²) in [6, 6.07) is 6.06. The van der Waals surface area contributed by atoms with Crippen LogP contribution in [-0.2, 0) is 16.0 Å². The molecule has 30 heavy (non-hydrogen) atoms. The van der Waals surface area contributed by atoms with Crippen LogP contribution in [0, 0.1) is 18.6 Å². The van der Waals surface area contributed by atoms with Crippen molar-refractivity contribution in [1.29, 1.82) is 0 Å². The first-order chi connectivity index (χ1) is 13.9. The zero-order valence-electron chi connectivity index (χ0n) is 16.8. The number of hydrogen-bond acceptors (Lipinski definition) is 4. The van der Waals surface area contributed by atoms with Crippen LogP contribution in [0.2, 0.25) is 5.02 Å². The molecule has 5 nitrogen and oxygen atoms in total. The number of aromatic hydroxyl groups is 1. The molecular formula is C22H20ClF2NO4. The molecule has 1 N–H and O–H groups in total. The maximum absolute atomic E-state index is 14.8. The highest BCUT2D eigenvalue weighted by molar-refractivity contribution is 6.30. The van der Waals surface area contributed by atoms with Gasteiger partial charge in [0.15, 0.2) is 11.6 Å². The molecule has 0 aliphatic rings. The summed E-state index contributed by atoms with van der Waals surface area (Å²) in [4.78, 5) is 25.5. The van der Waals surface area contributed by atoms with Crippen molar-refractivity contribution >= 4 is 34.4 Å². The van der Waals surface area contributed by atoms with E-state index < -0.39 is 34.9 Å². The summed E-state index contributed by atoms with van der Waals surface area (Å²) < 4.78 is 35.2. The molecule has 3 aromatic rings. The number of esters is 1. The molecule has 0 aliphatic heterocycles. The minimum atomic E-state index is -0.956. The van der Waals surface area contributed by atoms with Crippen LogP contribution in [0.25, 0.3) is 10.9 Å². The fourth-order valence-electron chi connectivity index (χ4n) is 3.28. The van der Waals surface area contributed by atoms with Gasteiger partial charge in [-0.2, -0.15) is 0 Å². The lowest BCUT2D eigenvalue weighted by molar-refractivity contribution is -0.153. The maximum atomic E-state index is 14.8. The quantitative estimate of drug-likeness (QED) is 0.577. The van der Waals surface area contributed by atoms with Crippen molar-refractivity contribution in [2.45, 2.75) is 39.7 Å². The van der Waals surface area contributed by atoms with Gasteiger partial charge in [0.1, 0.15) is 11.4 Å². The predicted molar refractivity (Wildman–Crippen MR) is 109 cm³/mol. The van der Waals surface area contributed by atoms with Crippen molar-refractivity contribution in [2.24, 2.45) is 0 Å². The number of nitrogens with zero attached hydrogens (tertiary/aromatic N) is 1. The number of aromatic nitrogens is 1. The zero-order valence-corrected chi connectivity index (χ0v) is 17.6. The molecule has 1 aromatic heterocycles. The first-order valence-electron chi connectivity index (χ1n) is 9.13. The molecule has 0 unspecified atom stereocenters. The standard InChI is InChI=1S/C22H20ClF2NO4/c1-11-13(10-18(28)30-22(2,3)4)19-16(7-8-17(27)20(19)25)26(11)21(29)12-5-6-14(23)15(24)9-12/h5-9,27H,10H2,1-4H3. The Morgan fingerprint density at radius 2 is 1.83 bits per heavy atom. The molecule has 0 aliphatic carbocycles. The van der Waals surface area contributed by atoms with Gasteiger partial charge >= 0.3 is 5.97 Å². The molecule has 158 valence electrons. The highest BCUT2D eigenvalue weighted by Crippen LogP contribution is 2.34. The molecule has 0 atom stereocenters. The van der Waals surface area contributed by atoms with Crippen molar-refractivity contribution in [3.8, 4) is 5.75 Å². The molecule has 0 saturated carbocycles. The van der Waals surface area contributed by atoms with Gasteiger partial charge in [-0.3, -0.25) is 14.2 Å². The third kappa shape index (κ3) is 4.03. The lowest BCUT2D eigenvalue weighted by Crippen LogP contribution is -2.25. The Balaban J connectivity index is 2.19. The molecule has 2 aromatic carbocycles. The lowest BCUT2D eigenvalue weighted by atomic mass is 10.1. The second-order valence-electron chi connectivity index (χ2n) is 7.89. The third-order valence-electron chi connectivity index (χ3n) is 4.53. The Bertz CT molecular complexity index is 1180. The molecule has 1 heterocycles. The van der Waals surface area contributed by atoms with Crippen LogP contribution in [0.1, 0.15) is 42.4 Å². The van der Waals surface area contributed by atoms with E-state index in [0.29, 0.717) is 0 Å². The van der Waals surface area contributed by atoms with Crippen LogP contribution in [0.4, 0.5) is 8.78 Å². The van der Waals surface area contributed by atoms with Crippen molar-refractivity contribution < 1.29 is 28.2 Å². The van der Waals surface area contributed by atoms with Crippen LogP contribution >= 0.6 is 11.6 Å². The van der Waals surface area contributed by atoms with E-state index in [1.165, 1.54) is 22.8 Å². The molecular weight excluding hydrogens is 416 g/mol. The van der Waals surface area contributed by atoms with Gasteiger partial charge in [0.05, 0.1) is 17.0 Å². The Kier molecular flexibility index (Phi) is 5.60. The zero-order chi connectivity index (χ0) is 22.4. The number of phenolic OH excluding ortho intramolecular Hbond substituents is 1. The SMILES string of the molecule is Cc1c(CC(=O)OC(C)(C)C)c2c(F)c(O)ccc2n1C(=O)c1ccc(Cl)c(F)c1. The van der Waals surface area contributed by atoms with Crippen LogP contribution in [0.15, 0.2) is 30.3 Å². The first-order valence-corrected chi connectivity index (χ1v) is 9.51. The largest absolute Gasteiger partial charge is 0.505 e. The number of ether oxygens (including phenoxy) is 1. The highest BCUT2D eigenvalue weighted by Gasteiger charge is 2.27. The van der Waals surface area contributed by atoms with Crippen LogP contribution < -0.4 is 0 Å². The first kappa shape index (κ1) is 21.8. The van der Waals surface area contributed by atoms with E-state index in [1.54, 1.807) is 27.7 Å². The van der Waals surface area contributed by atoms with E-state index in [2.05, 4.69) is 0 Å². The number of carbonyl (C=O) groups excluding carboxylic acids is 2. The number of benzene rings is 2. The van der Waals surface area contributed by atoms with Gasteiger partial charge in [-0.15, -0.1) is 0 Å². The van der Waals surface area contributed by atoms with E-state index >= 15 is 0 Å². The Hall–Kier alpha value is -2.93. The Labute approximate surface area is 176 Å². The Morgan fingerprint density at radius 3 is 2.43 bits per heavy atom. The molecule has 8 heteroatoms. The van der Waals surface area contributed by atoms with E-state index in [4.69, 9.17) is 16.3 Å². The lowest BCUT2D eigenvalue weighted by Gasteiger charge is -2.19. The molecule has 3 rings (SSSR count). The van der Waals surface area contributed by atoms with E-state index in [9.17, 15) is 23.5 Å². The second-order valence-corrected chi connectivity index (χ2v) is 8.30. The average molecular weight is 436 g/mol. The average Bonchev–Trinajstić information content (AvgIpc) is 2.90. The molecule has 0 spiro atoms. The Morgan fingerprint density at radius 1 is 1.17 bits per heavy atom. The topological polar surface area (TPSA) is 68.5 Å². The van der Waals surface area contributed by atoms with Crippen LogP contribution in [0.5, 0.6) is 5.75 Å². The van der Waals surface area contributed by atoms with Crippen molar-refractivity contribution in [3.05, 3.63) is 63.8 Å². The molecule has 0 radical (unpaired) electrons. The number of rotatable bonds is 3. The minimum absolute atomic E-state index is 0.00537. The summed E-state index contributed by atoms with van der Waals surface area (Å²) in [5.41, 5.74) is -0.132. The van der Waals surface area contributed by atoms with E-state index in [1.807, 2.05) is 0 Å². The van der Waals surface area contributed by atoms with Crippen LogP contribution in [0.3, 0.4) is 0 Å². The maximum Gasteiger partial charge on any atom is 0.310 e. The van der Waals surface area contributed by atoms with Gasteiger partial charge in [0.2, 0.25) is 0 Å². The fourth-order valence-corrected chi connectivity index (χ4v) is 3.40. The number of halogens is 3. The minimum Gasteiger partial charge on any atom is -0.505 e. The summed E-state index contributed by atoms with van der Waals surface area (Å²) in [5, 5.41) is 9.63. The third-order valence-corrected chi connectivity index (χ3v) is 4.83. The van der Waals surface area contributed by atoms with Gasteiger partial charge in [-0.05, 0) is 63.6 Å². The van der Waals surface area contributed by atoms with Crippen molar-refractivity contribution in [3.63, 3.8) is 0 Å². The smallest absolute Gasteiger partial charge is 0.310 e. The fraction of sp³-hybridized carbons (Fsp3) is 0.273. The normalized spacial score (nSPS) is 11.7. The van der Waals surface area contributed by atoms with Gasteiger partial charge in [-0.25, -0.2) is 8.78 Å². The highest BCUT2D eigenvalue weighted by atomic mass is 35.5. The molecule has 0 fully saturated rings.